The summed E-state index contributed by atoms with van der Waals surface area (Å²) in [5, 5.41) is 7.79. The van der Waals surface area contributed by atoms with Crippen molar-refractivity contribution >= 4 is 34.9 Å². The van der Waals surface area contributed by atoms with Crippen LogP contribution in [0.3, 0.4) is 0 Å². The average Bonchev–Trinajstić information content (AvgIpc) is 3.17. The van der Waals surface area contributed by atoms with Crippen LogP contribution in [0, 0.1) is 0 Å². The third kappa shape index (κ3) is 8.03. The van der Waals surface area contributed by atoms with E-state index in [9.17, 15) is 9.59 Å². The fraction of sp³-hybridized carbons (Fsp3) is 0.368. The Morgan fingerprint density at radius 2 is 1.77 bits per heavy atom. The zero-order valence-corrected chi connectivity index (χ0v) is 16.6. The van der Waals surface area contributed by atoms with Crippen LogP contribution in [0.15, 0.2) is 52.7 Å². The first-order chi connectivity index (χ1) is 12.7. The molecule has 0 bridgehead atoms. The molecule has 0 radical (unpaired) electrons. The minimum Gasteiger partial charge on any atom is -0.354 e. The number of thioether (sulfide) groups is 1. The zero-order chi connectivity index (χ0) is 18.6. The minimum atomic E-state index is -0.0623. The zero-order valence-electron chi connectivity index (χ0n) is 14.9. The molecule has 0 unspecified atom stereocenters. The lowest BCUT2D eigenvalue weighted by atomic mass is 10.4. The monoisotopic (exact) mass is 391 g/mol. The second kappa shape index (κ2) is 11.7. The van der Waals surface area contributed by atoms with Crippen molar-refractivity contribution in [3.8, 4) is 0 Å². The van der Waals surface area contributed by atoms with Crippen molar-refractivity contribution in [1.29, 1.82) is 0 Å². The Bertz CT molecular complexity index is 663. The highest BCUT2D eigenvalue weighted by Crippen LogP contribution is 2.15. The molecule has 2 rings (SSSR count). The number of hydrogen-bond donors (Lipinski definition) is 2. The highest BCUT2D eigenvalue weighted by atomic mass is 32.2. The summed E-state index contributed by atoms with van der Waals surface area (Å²) in [6.45, 7) is 4.22. The molecule has 1 aromatic heterocycles. The molecule has 1 heterocycles. The Balaban J connectivity index is 1.61. The molecule has 7 heteroatoms. The van der Waals surface area contributed by atoms with Crippen LogP contribution in [0.2, 0.25) is 0 Å². The van der Waals surface area contributed by atoms with Crippen molar-refractivity contribution in [3.63, 3.8) is 0 Å². The molecule has 0 aliphatic rings. The van der Waals surface area contributed by atoms with Crippen molar-refractivity contribution in [1.82, 2.24) is 15.5 Å². The molecular weight excluding hydrogens is 366 g/mol. The lowest BCUT2D eigenvalue weighted by Crippen LogP contribution is -2.43. The maximum atomic E-state index is 12.1. The van der Waals surface area contributed by atoms with Crippen molar-refractivity contribution in [2.75, 3.05) is 31.9 Å². The van der Waals surface area contributed by atoms with Crippen LogP contribution in [0.1, 0.15) is 11.8 Å². The van der Waals surface area contributed by atoms with Gasteiger partial charge in [-0.2, -0.15) is 0 Å². The molecule has 2 aromatic rings. The highest BCUT2D eigenvalue weighted by molar-refractivity contribution is 7.99. The second-order valence-corrected chi connectivity index (χ2v) is 7.87. The molecule has 0 saturated carbocycles. The molecule has 0 aliphatic carbocycles. The summed E-state index contributed by atoms with van der Waals surface area (Å²) in [4.78, 5) is 28.2. The number of nitrogens with one attached hydrogen (secondary N) is 2. The number of carbonyl (C=O) groups excluding carboxylic acids is 2. The lowest BCUT2D eigenvalue weighted by Gasteiger charge is -2.19. The molecule has 2 N–H and O–H groups in total. The number of thiophene rings is 1. The van der Waals surface area contributed by atoms with Crippen LogP contribution in [0.5, 0.6) is 0 Å². The van der Waals surface area contributed by atoms with E-state index in [0.717, 1.165) is 10.6 Å². The summed E-state index contributed by atoms with van der Waals surface area (Å²) in [5.41, 5.74) is 0. The minimum absolute atomic E-state index is 0.0495. The second-order valence-electron chi connectivity index (χ2n) is 5.67. The fourth-order valence-electron chi connectivity index (χ4n) is 2.27. The van der Waals surface area contributed by atoms with Crippen LogP contribution in [0.4, 0.5) is 0 Å². The van der Waals surface area contributed by atoms with Crippen LogP contribution in [0.25, 0.3) is 0 Å². The maximum Gasteiger partial charge on any atom is 0.234 e. The van der Waals surface area contributed by atoms with E-state index in [-0.39, 0.29) is 24.9 Å². The number of amides is 2. The van der Waals surface area contributed by atoms with Gasteiger partial charge in [-0.05, 0) is 30.1 Å². The van der Waals surface area contributed by atoms with Crippen LogP contribution < -0.4 is 10.6 Å². The van der Waals surface area contributed by atoms with Crippen molar-refractivity contribution < 1.29 is 9.59 Å². The van der Waals surface area contributed by atoms with Gasteiger partial charge in [-0.1, -0.05) is 31.2 Å². The third-order valence-electron chi connectivity index (χ3n) is 3.66. The summed E-state index contributed by atoms with van der Waals surface area (Å²) in [6.07, 6.45) is 0. The first kappa shape index (κ1) is 20.5. The molecule has 0 atom stereocenters. The van der Waals surface area contributed by atoms with Gasteiger partial charge in [0.2, 0.25) is 11.8 Å². The Morgan fingerprint density at radius 3 is 2.42 bits per heavy atom. The molecule has 26 heavy (non-hydrogen) atoms. The van der Waals surface area contributed by atoms with Gasteiger partial charge >= 0.3 is 0 Å². The molecular formula is C19H25N3O2S2. The number of benzene rings is 1. The van der Waals surface area contributed by atoms with Gasteiger partial charge in [0.1, 0.15) is 0 Å². The quantitative estimate of drug-likeness (QED) is 0.457. The first-order valence-corrected chi connectivity index (χ1v) is 10.5. The summed E-state index contributed by atoms with van der Waals surface area (Å²) in [6, 6.07) is 14.1. The van der Waals surface area contributed by atoms with Gasteiger partial charge < -0.3 is 10.6 Å². The third-order valence-corrected chi connectivity index (χ3v) is 5.55. The highest BCUT2D eigenvalue weighted by Gasteiger charge is 2.12. The largest absolute Gasteiger partial charge is 0.354 e. The predicted octanol–water partition coefficient (Wildman–Crippen LogP) is 2.59. The van der Waals surface area contributed by atoms with E-state index in [2.05, 4.69) is 22.8 Å². The number of hydrogen-bond acceptors (Lipinski definition) is 5. The van der Waals surface area contributed by atoms with E-state index in [1.54, 1.807) is 23.1 Å². The average molecular weight is 392 g/mol. The molecule has 0 spiro atoms. The van der Waals surface area contributed by atoms with Crippen molar-refractivity contribution in [3.05, 3.63) is 52.7 Å². The lowest BCUT2D eigenvalue weighted by molar-refractivity contribution is -0.125. The van der Waals surface area contributed by atoms with Gasteiger partial charge in [-0.25, -0.2) is 0 Å². The normalized spacial score (nSPS) is 10.7. The van der Waals surface area contributed by atoms with Gasteiger partial charge in [0.05, 0.1) is 19.6 Å². The molecule has 2 amide bonds. The van der Waals surface area contributed by atoms with E-state index < -0.39 is 0 Å². The van der Waals surface area contributed by atoms with Crippen LogP contribution in [-0.4, -0.2) is 48.6 Å². The van der Waals surface area contributed by atoms with Crippen LogP contribution in [-0.2, 0) is 16.1 Å². The number of rotatable bonds is 11. The van der Waals surface area contributed by atoms with Gasteiger partial charge in [0.25, 0.3) is 0 Å². The maximum absolute atomic E-state index is 12.1. The topological polar surface area (TPSA) is 61.4 Å². The van der Waals surface area contributed by atoms with Gasteiger partial charge in [-0.3, -0.25) is 14.5 Å². The summed E-state index contributed by atoms with van der Waals surface area (Å²) in [7, 11) is 0. The SMILES string of the molecule is CCN(CC(=O)NCCSc1ccccc1)CC(=O)NCc1cccs1. The Labute approximate surface area is 163 Å². The van der Waals surface area contributed by atoms with E-state index in [1.807, 2.05) is 47.5 Å². The Morgan fingerprint density at radius 1 is 1.04 bits per heavy atom. The van der Waals surface area contributed by atoms with Gasteiger partial charge in [-0.15, -0.1) is 23.1 Å². The van der Waals surface area contributed by atoms with Gasteiger partial charge in [0.15, 0.2) is 0 Å². The number of likely N-dealkylation sites (N-methyl/N-ethyl adjacent to an activating group) is 1. The van der Waals surface area contributed by atoms with Gasteiger partial charge in [0, 0.05) is 22.1 Å². The Hall–Kier alpha value is -1.83. The predicted molar refractivity (Wildman–Crippen MR) is 108 cm³/mol. The molecule has 1 aromatic carbocycles. The van der Waals surface area contributed by atoms with Crippen LogP contribution >= 0.6 is 23.1 Å². The van der Waals surface area contributed by atoms with E-state index in [0.29, 0.717) is 19.6 Å². The van der Waals surface area contributed by atoms with E-state index in [1.165, 1.54) is 4.90 Å². The number of nitrogens with zero attached hydrogens (tertiary/aromatic N) is 1. The molecule has 0 aliphatic heterocycles. The van der Waals surface area contributed by atoms with E-state index >= 15 is 0 Å². The molecule has 0 fully saturated rings. The molecule has 0 saturated heterocycles. The summed E-state index contributed by atoms with van der Waals surface area (Å²) in [5.74, 6) is 0.711. The smallest absolute Gasteiger partial charge is 0.234 e. The first-order valence-electron chi connectivity index (χ1n) is 8.63. The Kier molecular flexibility index (Phi) is 9.23. The molecule has 5 nitrogen and oxygen atoms in total. The summed E-state index contributed by atoms with van der Waals surface area (Å²) >= 11 is 3.33. The summed E-state index contributed by atoms with van der Waals surface area (Å²) < 4.78 is 0. The standard InChI is InChI=1S/C19H25N3O2S2/c1-2-22(15-19(24)21-13-17-9-6-11-25-17)14-18(23)20-10-12-26-16-7-4-3-5-8-16/h3-9,11H,2,10,12-15H2,1H3,(H,20,23)(H,21,24). The number of carbonyl (C=O) groups is 2. The molecule has 140 valence electrons. The van der Waals surface area contributed by atoms with Crippen molar-refractivity contribution in [2.45, 2.75) is 18.4 Å². The van der Waals surface area contributed by atoms with E-state index in [4.69, 9.17) is 0 Å². The van der Waals surface area contributed by atoms with Crippen molar-refractivity contribution in [2.24, 2.45) is 0 Å². The fourth-order valence-corrected chi connectivity index (χ4v) is 3.71.